The Morgan fingerprint density at radius 2 is 2.05 bits per heavy atom. The van der Waals surface area contributed by atoms with Crippen LogP contribution in [0.25, 0.3) is 6.08 Å². The third kappa shape index (κ3) is 4.15. The van der Waals surface area contributed by atoms with Crippen molar-refractivity contribution in [3.05, 3.63) is 65.5 Å². The van der Waals surface area contributed by atoms with Gasteiger partial charge in [-0.05, 0) is 42.0 Å². The predicted molar refractivity (Wildman–Crippen MR) is 75.5 cm³/mol. The van der Waals surface area contributed by atoms with Crippen LogP contribution in [0.5, 0.6) is 11.5 Å². The first kappa shape index (κ1) is 14.7. The molecule has 2 rings (SSSR count). The fraction of sp³-hybridized carbons (Fsp3) is 0.0625. The molecule has 108 valence electrons. The van der Waals surface area contributed by atoms with Crippen molar-refractivity contribution in [1.29, 1.82) is 0 Å². The summed E-state index contributed by atoms with van der Waals surface area (Å²) in [6.45, 7) is -0.119. The lowest BCUT2D eigenvalue weighted by Gasteiger charge is -2.10. The molecule has 0 aliphatic carbocycles. The second-order valence-corrected chi connectivity index (χ2v) is 4.26. The van der Waals surface area contributed by atoms with E-state index in [4.69, 9.17) is 14.9 Å². The van der Waals surface area contributed by atoms with E-state index in [1.165, 1.54) is 24.3 Å². The largest absolute Gasteiger partial charge is 0.478 e. The Bertz CT molecular complexity index is 680. The van der Waals surface area contributed by atoms with E-state index in [9.17, 15) is 9.18 Å². The van der Waals surface area contributed by atoms with Crippen LogP contribution in [0.15, 0.2) is 48.5 Å². The normalized spacial score (nSPS) is 10.8. The number of halogens is 1. The number of benzene rings is 2. The number of aliphatic hydroxyl groups excluding tert-OH is 1. The molecule has 0 radical (unpaired) electrons. The summed E-state index contributed by atoms with van der Waals surface area (Å²) >= 11 is 0. The van der Waals surface area contributed by atoms with Gasteiger partial charge in [-0.25, -0.2) is 9.18 Å². The van der Waals surface area contributed by atoms with Crippen molar-refractivity contribution in [3.63, 3.8) is 0 Å². The number of aliphatic hydroxyl groups is 1. The minimum absolute atomic E-state index is 0.119. The number of carbonyl (C=O) groups is 1. The number of hydrogen-bond donors (Lipinski definition) is 2. The Balaban J connectivity index is 2.32. The van der Waals surface area contributed by atoms with Gasteiger partial charge in [-0.2, -0.15) is 0 Å². The van der Waals surface area contributed by atoms with E-state index in [1.807, 2.05) is 0 Å². The first-order valence-corrected chi connectivity index (χ1v) is 6.16. The van der Waals surface area contributed by atoms with E-state index in [0.717, 1.165) is 6.08 Å². The molecule has 0 aliphatic heterocycles. The van der Waals surface area contributed by atoms with Gasteiger partial charge < -0.3 is 14.9 Å². The summed E-state index contributed by atoms with van der Waals surface area (Å²) in [6, 6.07) is 10.6. The molecule has 0 saturated heterocycles. The third-order valence-electron chi connectivity index (χ3n) is 2.69. The van der Waals surface area contributed by atoms with Crippen molar-refractivity contribution in [3.8, 4) is 11.5 Å². The minimum atomic E-state index is -1.13. The van der Waals surface area contributed by atoms with Gasteiger partial charge in [-0.3, -0.25) is 0 Å². The monoisotopic (exact) mass is 288 g/mol. The molecule has 2 aromatic carbocycles. The van der Waals surface area contributed by atoms with E-state index in [2.05, 4.69) is 0 Å². The minimum Gasteiger partial charge on any atom is -0.478 e. The zero-order valence-electron chi connectivity index (χ0n) is 11.0. The molecular formula is C16H13FO4. The Morgan fingerprint density at radius 3 is 2.76 bits per heavy atom. The molecule has 0 bridgehead atoms. The first-order valence-electron chi connectivity index (χ1n) is 6.16. The molecule has 0 heterocycles. The smallest absolute Gasteiger partial charge is 0.328 e. The lowest BCUT2D eigenvalue weighted by Crippen LogP contribution is -1.92. The average molecular weight is 288 g/mol. The molecule has 0 spiro atoms. The molecular weight excluding hydrogens is 275 g/mol. The summed E-state index contributed by atoms with van der Waals surface area (Å²) in [7, 11) is 0. The highest BCUT2D eigenvalue weighted by molar-refractivity contribution is 5.85. The van der Waals surface area contributed by atoms with Crippen LogP contribution in [0.2, 0.25) is 0 Å². The van der Waals surface area contributed by atoms with Gasteiger partial charge in [0.15, 0.2) is 0 Å². The van der Waals surface area contributed by atoms with E-state index >= 15 is 0 Å². The summed E-state index contributed by atoms with van der Waals surface area (Å²) in [5.41, 5.74) is 0.990. The highest BCUT2D eigenvalue weighted by atomic mass is 19.1. The van der Waals surface area contributed by atoms with Gasteiger partial charge in [-0.15, -0.1) is 0 Å². The number of rotatable bonds is 5. The first-order chi connectivity index (χ1) is 10.1. The van der Waals surface area contributed by atoms with Gasteiger partial charge in [0.25, 0.3) is 0 Å². The van der Waals surface area contributed by atoms with Gasteiger partial charge >= 0.3 is 5.97 Å². The topological polar surface area (TPSA) is 66.8 Å². The number of aliphatic carboxylic acids is 1. The van der Waals surface area contributed by atoms with Crippen molar-refractivity contribution in [1.82, 2.24) is 0 Å². The predicted octanol–water partition coefficient (Wildman–Crippen LogP) is 3.21. The van der Waals surface area contributed by atoms with Crippen LogP contribution < -0.4 is 4.74 Å². The highest BCUT2D eigenvalue weighted by Crippen LogP contribution is 2.27. The Morgan fingerprint density at radius 1 is 1.24 bits per heavy atom. The van der Waals surface area contributed by atoms with Crippen LogP contribution in [0, 0.1) is 5.82 Å². The van der Waals surface area contributed by atoms with Gasteiger partial charge in [0.1, 0.15) is 17.3 Å². The average Bonchev–Trinajstić information content (AvgIpc) is 2.47. The molecule has 0 fully saturated rings. The quantitative estimate of drug-likeness (QED) is 0.829. The van der Waals surface area contributed by atoms with Crippen LogP contribution in [0.4, 0.5) is 4.39 Å². The van der Waals surface area contributed by atoms with Crippen LogP contribution in [-0.2, 0) is 11.4 Å². The SMILES string of the molecule is O=C(O)C=Cc1cc(F)ccc1Oc1cccc(CO)c1. The maximum atomic E-state index is 13.3. The summed E-state index contributed by atoms with van der Waals surface area (Å²) in [4.78, 5) is 10.6. The lowest BCUT2D eigenvalue weighted by molar-refractivity contribution is -0.131. The second kappa shape index (κ2) is 6.67. The summed E-state index contributed by atoms with van der Waals surface area (Å²) < 4.78 is 18.9. The highest BCUT2D eigenvalue weighted by Gasteiger charge is 2.06. The molecule has 21 heavy (non-hydrogen) atoms. The third-order valence-corrected chi connectivity index (χ3v) is 2.69. The fourth-order valence-corrected chi connectivity index (χ4v) is 1.74. The van der Waals surface area contributed by atoms with Crippen LogP contribution in [0.1, 0.15) is 11.1 Å². The molecule has 0 unspecified atom stereocenters. The Hall–Kier alpha value is -2.66. The molecule has 0 amide bonds. The van der Waals surface area contributed by atoms with Gasteiger partial charge in [0.05, 0.1) is 6.61 Å². The Labute approximate surface area is 120 Å². The van der Waals surface area contributed by atoms with Gasteiger partial charge in [0, 0.05) is 11.6 Å². The maximum absolute atomic E-state index is 13.3. The fourth-order valence-electron chi connectivity index (χ4n) is 1.74. The molecule has 0 aromatic heterocycles. The van der Waals surface area contributed by atoms with Crippen molar-refractivity contribution in [2.75, 3.05) is 0 Å². The van der Waals surface area contributed by atoms with E-state index < -0.39 is 11.8 Å². The van der Waals surface area contributed by atoms with Crippen molar-refractivity contribution in [2.45, 2.75) is 6.61 Å². The molecule has 4 nitrogen and oxygen atoms in total. The second-order valence-electron chi connectivity index (χ2n) is 4.26. The van der Waals surface area contributed by atoms with Gasteiger partial charge in [0.2, 0.25) is 0 Å². The van der Waals surface area contributed by atoms with E-state index in [-0.39, 0.29) is 6.61 Å². The molecule has 2 N–H and O–H groups in total. The summed E-state index contributed by atoms with van der Waals surface area (Å²) in [5, 5.41) is 17.7. The summed E-state index contributed by atoms with van der Waals surface area (Å²) in [5.74, 6) is -0.828. The van der Waals surface area contributed by atoms with E-state index in [0.29, 0.717) is 22.6 Å². The summed E-state index contributed by atoms with van der Waals surface area (Å²) in [6.07, 6.45) is 2.17. The zero-order valence-corrected chi connectivity index (χ0v) is 11.0. The number of carboxylic acids is 1. The van der Waals surface area contributed by atoms with Crippen molar-refractivity contribution in [2.24, 2.45) is 0 Å². The number of carboxylic acid groups (broad SMARTS) is 1. The van der Waals surface area contributed by atoms with E-state index in [1.54, 1.807) is 24.3 Å². The zero-order chi connectivity index (χ0) is 15.2. The molecule has 5 heteroatoms. The standard InChI is InChI=1S/C16H13FO4/c17-13-5-6-15(12(9-13)4-7-16(19)20)21-14-3-1-2-11(8-14)10-18/h1-9,18H,10H2,(H,19,20). The lowest BCUT2D eigenvalue weighted by atomic mass is 10.1. The van der Waals surface area contributed by atoms with Crippen molar-refractivity contribution < 1.29 is 24.1 Å². The molecule has 0 saturated carbocycles. The Kier molecular flexibility index (Phi) is 4.68. The molecule has 2 aromatic rings. The van der Waals surface area contributed by atoms with Crippen LogP contribution in [0.3, 0.4) is 0 Å². The van der Waals surface area contributed by atoms with Crippen LogP contribution in [-0.4, -0.2) is 16.2 Å². The van der Waals surface area contributed by atoms with Crippen molar-refractivity contribution >= 4 is 12.0 Å². The van der Waals surface area contributed by atoms with Gasteiger partial charge in [-0.1, -0.05) is 12.1 Å². The number of hydrogen-bond acceptors (Lipinski definition) is 3. The van der Waals surface area contributed by atoms with Crippen LogP contribution >= 0.6 is 0 Å². The molecule has 0 atom stereocenters. The molecule has 0 aliphatic rings. The maximum Gasteiger partial charge on any atom is 0.328 e. The number of ether oxygens (including phenoxy) is 1.